The first kappa shape index (κ1) is 17.1. The van der Waals surface area contributed by atoms with Gasteiger partial charge in [-0.3, -0.25) is 9.78 Å². The van der Waals surface area contributed by atoms with Crippen molar-refractivity contribution < 1.29 is 4.79 Å². The minimum Gasteiger partial charge on any atom is -0.336 e. The maximum absolute atomic E-state index is 13.1. The molecule has 0 radical (unpaired) electrons. The number of hydrogen-bond acceptors (Lipinski definition) is 3. The fourth-order valence-corrected chi connectivity index (χ4v) is 4.94. The van der Waals surface area contributed by atoms with E-state index in [-0.39, 0.29) is 5.91 Å². The second-order valence-corrected chi connectivity index (χ2v) is 7.99. The summed E-state index contributed by atoms with van der Waals surface area (Å²) in [5, 5.41) is 2.45. The fraction of sp³-hybridized carbons (Fsp3) is 0.273. The smallest absolute Gasteiger partial charge is 0.273 e. The van der Waals surface area contributed by atoms with Gasteiger partial charge in [-0.25, -0.2) is 0 Å². The van der Waals surface area contributed by atoms with Crippen molar-refractivity contribution in [3.63, 3.8) is 0 Å². The molecule has 26 heavy (non-hydrogen) atoms. The second kappa shape index (κ2) is 7.50. The molecule has 2 heterocycles. The van der Waals surface area contributed by atoms with E-state index in [1.807, 2.05) is 47.0 Å². The van der Waals surface area contributed by atoms with Crippen LogP contribution in [0.15, 0.2) is 60.8 Å². The molecule has 4 heteroatoms. The lowest BCUT2D eigenvalue weighted by molar-refractivity contribution is 0.0763. The Hall–Kier alpha value is -2.33. The van der Waals surface area contributed by atoms with Crippen molar-refractivity contribution in [2.24, 2.45) is 0 Å². The molecule has 1 aliphatic rings. The number of pyridine rings is 1. The van der Waals surface area contributed by atoms with Gasteiger partial charge in [0, 0.05) is 35.7 Å². The zero-order valence-electron chi connectivity index (χ0n) is 14.9. The Morgan fingerprint density at radius 1 is 1.08 bits per heavy atom. The summed E-state index contributed by atoms with van der Waals surface area (Å²) in [6.45, 7) is 3.72. The van der Waals surface area contributed by atoms with Crippen LogP contribution in [-0.2, 0) is 0 Å². The number of fused-ring (bicyclic) bond motifs is 1. The predicted octanol–water partition coefficient (Wildman–Crippen LogP) is 4.86. The number of carbonyl (C=O) groups is 1. The van der Waals surface area contributed by atoms with E-state index in [2.05, 4.69) is 36.2 Å². The van der Waals surface area contributed by atoms with Crippen LogP contribution in [0.4, 0.5) is 0 Å². The highest BCUT2D eigenvalue weighted by atomic mass is 32.2. The van der Waals surface area contributed by atoms with E-state index >= 15 is 0 Å². The number of benzene rings is 2. The van der Waals surface area contributed by atoms with Crippen LogP contribution < -0.4 is 0 Å². The normalized spacial score (nSPS) is 17.9. The molecule has 2 aromatic carbocycles. The summed E-state index contributed by atoms with van der Waals surface area (Å²) >= 11 is 1.96. The van der Waals surface area contributed by atoms with Gasteiger partial charge in [-0.2, -0.15) is 11.8 Å². The Morgan fingerprint density at radius 2 is 1.88 bits per heavy atom. The van der Waals surface area contributed by atoms with Crippen LogP contribution in [0.2, 0.25) is 0 Å². The van der Waals surface area contributed by atoms with Gasteiger partial charge in [0.15, 0.2) is 0 Å². The molecule has 1 fully saturated rings. The van der Waals surface area contributed by atoms with Gasteiger partial charge >= 0.3 is 0 Å². The lowest BCUT2D eigenvalue weighted by atomic mass is 10.0. The van der Waals surface area contributed by atoms with E-state index in [9.17, 15) is 4.79 Å². The van der Waals surface area contributed by atoms with Crippen LogP contribution in [0.5, 0.6) is 0 Å². The lowest BCUT2D eigenvalue weighted by Gasteiger charge is -2.21. The second-order valence-electron chi connectivity index (χ2n) is 6.68. The molecular formula is C22H22N2OS. The molecule has 3 nitrogen and oxygen atoms in total. The Morgan fingerprint density at radius 3 is 2.77 bits per heavy atom. The van der Waals surface area contributed by atoms with Crippen molar-refractivity contribution in [3.8, 4) is 0 Å². The number of thioether (sulfide) groups is 1. The maximum atomic E-state index is 13.1. The first-order chi connectivity index (χ1) is 12.7. The highest BCUT2D eigenvalue weighted by molar-refractivity contribution is 7.99. The molecule has 1 aliphatic heterocycles. The standard InChI is InChI=1S/C22H22N2OS/c1-16-6-2-4-8-18(16)20-11-13-24(14-15-26-20)22(25)21-19-9-5-3-7-17(19)10-12-23-21/h2-10,12,20H,11,13-15H2,1H3/t20-/m1/s1. The summed E-state index contributed by atoms with van der Waals surface area (Å²) in [6.07, 6.45) is 2.71. The third-order valence-electron chi connectivity index (χ3n) is 5.04. The largest absolute Gasteiger partial charge is 0.336 e. The number of aryl methyl sites for hydroxylation is 1. The van der Waals surface area contributed by atoms with Gasteiger partial charge in [0.2, 0.25) is 0 Å². The average Bonchev–Trinajstić information content (AvgIpc) is 2.93. The highest BCUT2D eigenvalue weighted by Crippen LogP contribution is 2.36. The molecule has 1 atom stereocenters. The minimum atomic E-state index is 0.0489. The van der Waals surface area contributed by atoms with Gasteiger partial charge in [0.25, 0.3) is 5.91 Å². The first-order valence-electron chi connectivity index (χ1n) is 9.04. The topological polar surface area (TPSA) is 33.2 Å². The molecular weight excluding hydrogens is 340 g/mol. The molecule has 0 N–H and O–H groups in total. The number of aromatic nitrogens is 1. The fourth-order valence-electron chi connectivity index (χ4n) is 3.61. The summed E-state index contributed by atoms with van der Waals surface area (Å²) in [6, 6.07) is 18.5. The van der Waals surface area contributed by atoms with Gasteiger partial charge in [-0.05, 0) is 35.9 Å². The monoisotopic (exact) mass is 362 g/mol. The van der Waals surface area contributed by atoms with Gasteiger partial charge in [-0.1, -0.05) is 48.5 Å². The minimum absolute atomic E-state index is 0.0489. The van der Waals surface area contributed by atoms with Crippen molar-refractivity contribution in [1.82, 2.24) is 9.88 Å². The van der Waals surface area contributed by atoms with E-state index in [4.69, 9.17) is 0 Å². The maximum Gasteiger partial charge on any atom is 0.273 e. The van der Waals surface area contributed by atoms with Crippen molar-refractivity contribution >= 4 is 28.4 Å². The number of hydrogen-bond donors (Lipinski definition) is 0. The molecule has 3 aromatic rings. The van der Waals surface area contributed by atoms with Crippen LogP contribution in [0.25, 0.3) is 10.8 Å². The number of carbonyl (C=O) groups excluding carboxylic acids is 1. The molecule has 0 saturated carbocycles. The Kier molecular flexibility index (Phi) is 4.93. The molecule has 0 aliphatic carbocycles. The molecule has 4 rings (SSSR count). The van der Waals surface area contributed by atoms with Gasteiger partial charge < -0.3 is 4.90 Å². The zero-order chi connectivity index (χ0) is 17.9. The number of amides is 1. The molecule has 1 aromatic heterocycles. The highest BCUT2D eigenvalue weighted by Gasteiger charge is 2.25. The summed E-state index contributed by atoms with van der Waals surface area (Å²) in [5.41, 5.74) is 3.30. The Labute approximate surface area is 158 Å². The van der Waals surface area contributed by atoms with Crippen molar-refractivity contribution in [2.75, 3.05) is 18.8 Å². The predicted molar refractivity (Wildman–Crippen MR) is 109 cm³/mol. The van der Waals surface area contributed by atoms with Crippen molar-refractivity contribution in [2.45, 2.75) is 18.6 Å². The third kappa shape index (κ3) is 3.34. The molecule has 0 bridgehead atoms. The molecule has 132 valence electrons. The number of nitrogens with zero attached hydrogens (tertiary/aromatic N) is 2. The Bertz CT molecular complexity index is 935. The van der Waals surface area contributed by atoms with Crippen LogP contribution in [0.3, 0.4) is 0 Å². The van der Waals surface area contributed by atoms with E-state index in [0.29, 0.717) is 10.9 Å². The van der Waals surface area contributed by atoms with Crippen molar-refractivity contribution in [1.29, 1.82) is 0 Å². The quantitative estimate of drug-likeness (QED) is 0.652. The number of rotatable bonds is 2. The molecule has 0 unspecified atom stereocenters. The SMILES string of the molecule is Cc1ccccc1[C@H]1CCN(C(=O)c2nccc3ccccc23)CCS1. The van der Waals surface area contributed by atoms with Crippen LogP contribution in [0, 0.1) is 6.92 Å². The summed E-state index contributed by atoms with van der Waals surface area (Å²) < 4.78 is 0. The first-order valence-corrected chi connectivity index (χ1v) is 10.1. The molecule has 1 saturated heterocycles. The molecule has 0 spiro atoms. The van der Waals surface area contributed by atoms with Crippen LogP contribution in [0.1, 0.15) is 33.3 Å². The van der Waals surface area contributed by atoms with E-state index in [1.165, 1.54) is 11.1 Å². The molecule has 1 amide bonds. The van der Waals surface area contributed by atoms with Gasteiger partial charge in [0.05, 0.1) is 0 Å². The summed E-state index contributed by atoms with van der Waals surface area (Å²) in [4.78, 5) is 19.5. The van der Waals surface area contributed by atoms with Crippen LogP contribution in [-0.4, -0.2) is 34.6 Å². The van der Waals surface area contributed by atoms with E-state index in [0.717, 1.165) is 36.0 Å². The van der Waals surface area contributed by atoms with Gasteiger partial charge in [-0.15, -0.1) is 0 Å². The van der Waals surface area contributed by atoms with E-state index < -0.39 is 0 Å². The van der Waals surface area contributed by atoms with Gasteiger partial charge in [0.1, 0.15) is 5.69 Å². The van der Waals surface area contributed by atoms with Crippen molar-refractivity contribution in [3.05, 3.63) is 77.6 Å². The summed E-state index contributed by atoms with van der Waals surface area (Å²) in [5.74, 6) is 1.00. The average molecular weight is 362 g/mol. The van der Waals surface area contributed by atoms with E-state index in [1.54, 1.807) is 6.20 Å². The van der Waals surface area contributed by atoms with Crippen LogP contribution >= 0.6 is 11.8 Å². The third-order valence-corrected chi connectivity index (χ3v) is 6.35. The summed E-state index contributed by atoms with van der Waals surface area (Å²) in [7, 11) is 0. The lowest BCUT2D eigenvalue weighted by Crippen LogP contribution is -2.33. The Balaban J connectivity index is 1.55. The zero-order valence-corrected chi connectivity index (χ0v) is 15.7.